The number of nitrogens with one attached hydrogen (secondary N) is 2. The first kappa shape index (κ1) is 30.4. The number of carboxylic acid groups (broad SMARTS) is 1. The normalized spacial score (nSPS) is 23.2. The van der Waals surface area contributed by atoms with Crippen LogP contribution in [0.2, 0.25) is 0 Å². The van der Waals surface area contributed by atoms with E-state index in [0.717, 1.165) is 30.9 Å². The number of benzene rings is 3. The molecule has 0 heterocycles. The topological polar surface area (TPSA) is 105 Å². The van der Waals surface area contributed by atoms with Crippen molar-refractivity contribution in [1.82, 2.24) is 5.32 Å². The Kier molecular flexibility index (Phi) is 7.88. The summed E-state index contributed by atoms with van der Waals surface area (Å²) in [6.07, 6.45) is 0.806. The van der Waals surface area contributed by atoms with Gasteiger partial charge in [0.25, 0.3) is 5.91 Å². The number of alkyl halides is 3. The highest BCUT2D eigenvalue weighted by Gasteiger charge is 2.55. The van der Waals surface area contributed by atoms with Crippen LogP contribution >= 0.6 is 0 Å². The Hall–Kier alpha value is -4.67. The van der Waals surface area contributed by atoms with E-state index in [1.165, 1.54) is 19.2 Å². The van der Waals surface area contributed by atoms with Gasteiger partial charge in [0.1, 0.15) is 11.6 Å². The first-order valence-electron chi connectivity index (χ1n) is 14.7. The lowest BCUT2D eigenvalue weighted by Gasteiger charge is -2.30. The predicted octanol–water partition coefficient (Wildman–Crippen LogP) is 6.95. The molecule has 2 unspecified atom stereocenters. The third-order valence-electron chi connectivity index (χ3n) is 9.00. The summed E-state index contributed by atoms with van der Waals surface area (Å²) in [6.45, 7) is 0. The fraction of sp³-hybridized carbons (Fsp3) is 0.324. The highest BCUT2D eigenvalue weighted by molar-refractivity contribution is 6.00. The summed E-state index contributed by atoms with van der Waals surface area (Å²) < 4.78 is 59.4. The molecule has 0 radical (unpaired) electrons. The van der Waals surface area contributed by atoms with Gasteiger partial charge >= 0.3 is 12.1 Å². The van der Waals surface area contributed by atoms with Gasteiger partial charge in [0.05, 0.1) is 29.7 Å². The SMILES string of the molecule is COc1ccc(-c2ccc(C(=O)O)cc2)cc1C(=O)N[C@@H]1C2CCC(/C2=C/C2CC2)[C@@H]1C(=O)Nc1ccc(F)c(C(F)(F)F)c1. The molecule has 6 rings (SSSR count). The van der Waals surface area contributed by atoms with E-state index in [0.29, 0.717) is 41.3 Å². The average Bonchev–Trinajstić information content (AvgIpc) is 3.69. The van der Waals surface area contributed by atoms with Crippen LogP contribution in [-0.2, 0) is 11.0 Å². The van der Waals surface area contributed by atoms with Crippen LogP contribution < -0.4 is 15.4 Å². The van der Waals surface area contributed by atoms with Gasteiger partial charge in [-0.1, -0.05) is 29.8 Å². The Labute approximate surface area is 256 Å². The van der Waals surface area contributed by atoms with Crippen molar-refractivity contribution in [2.45, 2.75) is 37.9 Å². The first-order valence-corrected chi connectivity index (χ1v) is 14.7. The van der Waals surface area contributed by atoms with Gasteiger partial charge in [-0.05, 0) is 91.1 Å². The van der Waals surface area contributed by atoms with Crippen molar-refractivity contribution in [1.29, 1.82) is 0 Å². The van der Waals surface area contributed by atoms with Crippen molar-refractivity contribution < 1.29 is 41.8 Å². The van der Waals surface area contributed by atoms with Crippen LogP contribution in [0.25, 0.3) is 11.1 Å². The third kappa shape index (κ3) is 6.03. The van der Waals surface area contributed by atoms with Gasteiger partial charge in [0, 0.05) is 17.6 Å². The molecule has 11 heteroatoms. The van der Waals surface area contributed by atoms with Crippen molar-refractivity contribution >= 4 is 23.5 Å². The van der Waals surface area contributed by atoms with Crippen LogP contribution in [-0.4, -0.2) is 36.0 Å². The predicted molar refractivity (Wildman–Crippen MR) is 157 cm³/mol. The maximum Gasteiger partial charge on any atom is 0.419 e. The second kappa shape index (κ2) is 11.7. The Balaban J connectivity index is 1.29. The zero-order chi connectivity index (χ0) is 32.0. The lowest BCUT2D eigenvalue weighted by Crippen LogP contribution is -2.48. The second-order valence-electron chi connectivity index (χ2n) is 11.8. The Bertz CT molecular complexity index is 1700. The summed E-state index contributed by atoms with van der Waals surface area (Å²) in [5, 5.41) is 14.8. The number of aromatic carboxylic acids is 1. The molecule has 2 amide bonds. The molecule has 3 aromatic rings. The number of ether oxygens (including phenoxy) is 1. The number of rotatable bonds is 8. The molecular weight excluding hydrogens is 592 g/mol. The maximum atomic E-state index is 13.9. The van der Waals surface area contributed by atoms with Crippen LogP contribution in [0, 0.1) is 29.5 Å². The van der Waals surface area contributed by atoms with E-state index in [9.17, 15) is 37.1 Å². The van der Waals surface area contributed by atoms with Crippen molar-refractivity contribution in [3.8, 4) is 16.9 Å². The Morgan fingerprint density at radius 3 is 2.24 bits per heavy atom. The van der Waals surface area contributed by atoms with Gasteiger partial charge in [-0.2, -0.15) is 13.2 Å². The number of hydrogen-bond donors (Lipinski definition) is 3. The third-order valence-corrected chi connectivity index (χ3v) is 9.00. The number of amides is 2. The molecule has 45 heavy (non-hydrogen) atoms. The van der Waals surface area contributed by atoms with Crippen molar-refractivity contribution in [3.05, 3.63) is 94.8 Å². The van der Waals surface area contributed by atoms with Gasteiger partial charge in [-0.3, -0.25) is 9.59 Å². The van der Waals surface area contributed by atoms with Crippen molar-refractivity contribution in [3.63, 3.8) is 0 Å². The fourth-order valence-electron chi connectivity index (χ4n) is 6.71. The second-order valence-corrected chi connectivity index (χ2v) is 11.8. The molecule has 3 aliphatic carbocycles. The minimum absolute atomic E-state index is 0.119. The van der Waals surface area contributed by atoms with Gasteiger partial charge in [0.15, 0.2) is 0 Å². The van der Waals surface area contributed by atoms with Gasteiger partial charge < -0.3 is 20.5 Å². The monoisotopic (exact) mass is 622 g/mol. The van der Waals surface area contributed by atoms with Gasteiger partial charge in [-0.15, -0.1) is 0 Å². The van der Waals surface area contributed by atoms with E-state index < -0.39 is 47.3 Å². The highest BCUT2D eigenvalue weighted by atomic mass is 19.4. The molecule has 3 aromatic carbocycles. The summed E-state index contributed by atoms with van der Waals surface area (Å²) in [6, 6.07) is 12.9. The number of methoxy groups -OCH3 is 1. The minimum Gasteiger partial charge on any atom is -0.496 e. The quantitative estimate of drug-likeness (QED) is 0.186. The van der Waals surface area contributed by atoms with E-state index in [1.807, 2.05) is 0 Å². The number of carboxylic acids is 1. The van der Waals surface area contributed by atoms with E-state index in [1.54, 1.807) is 30.3 Å². The number of halogens is 4. The van der Waals surface area contributed by atoms with Crippen molar-refractivity contribution in [2.75, 3.05) is 12.4 Å². The standard InChI is InChI=1S/C34H30F4N2O5/c1-45-28-13-8-20(18-4-6-19(7-5-18)33(43)44)15-25(28)31(41)40-30-23-11-10-22(24(23)14-17-2-3-17)29(30)32(42)39-21-9-12-27(35)26(16-21)34(36,37)38/h4-9,12-17,22-23,29-30H,2-3,10-11H2,1H3,(H,39,42)(H,40,41)(H,43,44)/b24-14-/t22?,23?,29-,30+/m0/s1. The molecule has 3 N–H and O–H groups in total. The number of carbonyl (C=O) groups is 3. The molecule has 3 saturated carbocycles. The summed E-state index contributed by atoms with van der Waals surface area (Å²) in [7, 11) is 1.43. The van der Waals surface area contributed by atoms with E-state index in [4.69, 9.17) is 4.74 Å². The molecule has 2 bridgehead atoms. The molecule has 3 fully saturated rings. The van der Waals surface area contributed by atoms with Crippen LogP contribution in [0.1, 0.15) is 52.0 Å². The minimum atomic E-state index is -4.93. The molecule has 0 spiro atoms. The number of allylic oxidation sites excluding steroid dienone is 1. The van der Waals surface area contributed by atoms with Crippen LogP contribution in [0.15, 0.2) is 72.3 Å². The Morgan fingerprint density at radius 2 is 1.60 bits per heavy atom. The molecular formula is C34H30F4N2O5. The van der Waals surface area contributed by atoms with E-state index in [2.05, 4.69) is 16.7 Å². The molecule has 7 nitrogen and oxygen atoms in total. The van der Waals surface area contributed by atoms with Gasteiger partial charge in [0.2, 0.25) is 5.91 Å². The number of hydrogen-bond acceptors (Lipinski definition) is 4. The number of anilines is 1. The van der Waals surface area contributed by atoms with Crippen LogP contribution in [0.4, 0.5) is 23.2 Å². The summed E-state index contributed by atoms with van der Waals surface area (Å²) in [5.41, 5.74) is 1.09. The molecule has 234 valence electrons. The summed E-state index contributed by atoms with van der Waals surface area (Å²) in [5.74, 6) is -3.89. The smallest absolute Gasteiger partial charge is 0.419 e. The number of carbonyl (C=O) groups excluding carboxylic acids is 2. The molecule has 4 atom stereocenters. The lowest BCUT2D eigenvalue weighted by molar-refractivity contribution is -0.140. The van der Waals surface area contributed by atoms with Crippen molar-refractivity contribution in [2.24, 2.45) is 23.7 Å². The molecule has 0 aromatic heterocycles. The lowest BCUT2D eigenvalue weighted by atomic mass is 9.83. The molecule has 0 saturated heterocycles. The Morgan fingerprint density at radius 1 is 0.911 bits per heavy atom. The molecule has 0 aliphatic heterocycles. The number of fused-ring (bicyclic) bond motifs is 2. The fourth-order valence-corrected chi connectivity index (χ4v) is 6.71. The van der Waals surface area contributed by atoms with E-state index in [-0.39, 0.29) is 28.7 Å². The first-order chi connectivity index (χ1) is 21.4. The molecule has 3 aliphatic rings. The zero-order valence-corrected chi connectivity index (χ0v) is 24.2. The average molecular weight is 623 g/mol. The zero-order valence-electron chi connectivity index (χ0n) is 24.2. The summed E-state index contributed by atoms with van der Waals surface area (Å²) >= 11 is 0. The largest absolute Gasteiger partial charge is 0.496 e. The maximum absolute atomic E-state index is 13.9. The van der Waals surface area contributed by atoms with E-state index >= 15 is 0 Å². The summed E-state index contributed by atoms with van der Waals surface area (Å²) in [4.78, 5) is 38.9. The highest BCUT2D eigenvalue weighted by Crippen LogP contribution is 2.54. The van der Waals surface area contributed by atoms with Gasteiger partial charge in [-0.25, -0.2) is 9.18 Å². The van der Waals surface area contributed by atoms with Crippen LogP contribution in [0.3, 0.4) is 0 Å². The van der Waals surface area contributed by atoms with Crippen LogP contribution in [0.5, 0.6) is 5.75 Å².